The normalized spacial score (nSPS) is 18.9. The number of nitrogens with one attached hydrogen (secondary N) is 1. The summed E-state index contributed by atoms with van der Waals surface area (Å²) in [6.45, 7) is 6.93. The average Bonchev–Trinajstić information content (AvgIpc) is 2.28. The van der Waals surface area contributed by atoms with Crippen LogP contribution in [0.3, 0.4) is 0 Å². The highest BCUT2D eigenvalue weighted by Gasteiger charge is 2.24. The molecule has 1 aliphatic rings. The maximum atomic E-state index is 12.0. The summed E-state index contributed by atoms with van der Waals surface area (Å²) in [5, 5.41) is 2.13. The molecule has 0 aliphatic carbocycles. The largest absolute Gasteiger partial charge is 0.378 e. The van der Waals surface area contributed by atoms with Crippen molar-refractivity contribution in [2.24, 2.45) is 0 Å². The summed E-state index contributed by atoms with van der Waals surface area (Å²) in [6, 6.07) is 0.0393. The van der Waals surface area contributed by atoms with Crippen LogP contribution in [0.2, 0.25) is 0 Å². The first-order valence-electron chi connectivity index (χ1n) is 6.10. The van der Waals surface area contributed by atoms with E-state index < -0.39 is 0 Å². The molecule has 5 heteroatoms. The highest BCUT2D eigenvalue weighted by Crippen LogP contribution is 1.98. The Morgan fingerprint density at radius 3 is 2.62 bits per heavy atom. The second-order valence-corrected chi connectivity index (χ2v) is 4.71. The third kappa shape index (κ3) is 4.47. The summed E-state index contributed by atoms with van der Waals surface area (Å²) < 4.78 is 5.23. The Hall–Kier alpha value is -0.650. The van der Waals surface area contributed by atoms with Crippen LogP contribution in [0.15, 0.2) is 0 Å². The van der Waals surface area contributed by atoms with Crippen LogP contribution in [0.1, 0.15) is 6.92 Å². The Labute approximate surface area is 97.7 Å². The Balaban J connectivity index is 2.23. The second-order valence-electron chi connectivity index (χ2n) is 4.71. The lowest BCUT2D eigenvalue weighted by atomic mass is 10.2. The van der Waals surface area contributed by atoms with E-state index in [-0.39, 0.29) is 11.9 Å². The number of hydrogen-bond donors (Lipinski definition) is 2. The zero-order chi connectivity index (χ0) is 12.0. The van der Waals surface area contributed by atoms with Crippen LogP contribution >= 0.6 is 0 Å². The number of morpholine rings is 1. The van der Waals surface area contributed by atoms with Crippen LogP contribution in [0, 0.1) is 0 Å². The van der Waals surface area contributed by atoms with Gasteiger partial charge in [0.05, 0.1) is 27.3 Å². The van der Waals surface area contributed by atoms with Gasteiger partial charge in [0, 0.05) is 13.1 Å². The Bertz CT molecular complexity index is 215. The summed E-state index contributed by atoms with van der Waals surface area (Å²) >= 11 is 0. The number of ether oxygens (including phenoxy) is 1. The Morgan fingerprint density at radius 1 is 1.44 bits per heavy atom. The molecule has 3 N–H and O–H groups in total. The lowest BCUT2D eigenvalue weighted by Crippen LogP contribution is -3.10. The second kappa shape index (κ2) is 6.83. The van der Waals surface area contributed by atoms with E-state index in [4.69, 9.17) is 4.74 Å². The van der Waals surface area contributed by atoms with Gasteiger partial charge >= 0.3 is 0 Å². The maximum Gasteiger partial charge on any atom is 0.280 e. The molecule has 1 amide bonds. The zero-order valence-corrected chi connectivity index (χ0v) is 10.7. The van der Waals surface area contributed by atoms with Gasteiger partial charge in [-0.15, -0.1) is 0 Å². The highest BCUT2D eigenvalue weighted by molar-refractivity contribution is 5.80. The van der Waals surface area contributed by atoms with Gasteiger partial charge in [0.25, 0.3) is 5.91 Å². The van der Waals surface area contributed by atoms with Gasteiger partial charge in [-0.2, -0.15) is 0 Å². The topological polar surface area (TPSA) is 50.6 Å². The van der Waals surface area contributed by atoms with Gasteiger partial charge < -0.3 is 19.9 Å². The number of amides is 1. The third-order valence-corrected chi connectivity index (χ3v) is 2.88. The third-order valence-electron chi connectivity index (χ3n) is 2.88. The molecular formula is C11H25N3O2+2. The van der Waals surface area contributed by atoms with Crippen molar-refractivity contribution in [2.75, 3.05) is 53.5 Å². The van der Waals surface area contributed by atoms with E-state index in [1.54, 1.807) is 0 Å². The first-order valence-corrected chi connectivity index (χ1v) is 6.10. The molecule has 94 valence electrons. The van der Waals surface area contributed by atoms with Gasteiger partial charge in [0.2, 0.25) is 0 Å². The number of likely N-dealkylation sites (N-methyl/N-ethyl adjacent to an activating group) is 1. The number of quaternary nitrogens is 2. The van der Waals surface area contributed by atoms with Crippen LogP contribution in [-0.4, -0.2) is 70.3 Å². The van der Waals surface area contributed by atoms with Crippen molar-refractivity contribution in [3.8, 4) is 0 Å². The summed E-state index contributed by atoms with van der Waals surface area (Å²) in [6.07, 6.45) is 0. The maximum absolute atomic E-state index is 12.0. The smallest absolute Gasteiger partial charge is 0.280 e. The predicted molar refractivity (Wildman–Crippen MR) is 61.3 cm³/mol. The van der Waals surface area contributed by atoms with Gasteiger partial charge in [-0.1, -0.05) is 0 Å². The van der Waals surface area contributed by atoms with E-state index in [1.807, 2.05) is 11.8 Å². The van der Waals surface area contributed by atoms with Gasteiger partial charge in [0.15, 0.2) is 6.04 Å². The molecule has 0 unspecified atom stereocenters. The van der Waals surface area contributed by atoms with Crippen molar-refractivity contribution >= 4 is 5.91 Å². The average molecular weight is 231 g/mol. The molecule has 0 radical (unpaired) electrons. The highest BCUT2D eigenvalue weighted by atomic mass is 16.5. The first-order chi connectivity index (χ1) is 7.61. The molecule has 0 saturated carbocycles. The molecule has 0 aromatic carbocycles. The molecule has 1 fully saturated rings. The molecule has 1 atom stereocenters. The molecule has 5 nitrogen and oxygen atoms in total. The zero-order valence-electron chi connectivity index (χ0n) is 10.7. The van der Waals surface area contributed by atoms with Gasteiger partial charge in [-0.05, 0) is 6.92 Å². The van der Waals surface area contributed by atoms with E-state index in [1.165, 1.54) is 4.90 Å². The van der Waals surface area contributed by atoms with Crippen molar-refractivity contribution in [1.82, 2.24) is 4.90 Å². The fourth-order valence-corrected chi connectivity index (χ4v) is 1.79. The number of carbonyl (C=O) groups is 1. The van der Waals surface area contributed by atoms with Crippen LogP contribution in [0.5, 0.6) is 0 Å². The molecule has 1 aliphatic heterocycles. The van der Waals surface area contributed by atoms with Crippen molar-refractivity contribution < 1.29 is 19.7 Å². The molecule has 1 heterocycles. The number of hydrogen-bond acceptors (Lipinski definition) is 2. The summed E-state index contributed by atoms with van der Waals surface area (Å²) in [5.41, 5.74) is 0. The molecule has 1 saturated heterocycles. The molecule has 0 spiro atoms. The van der Waals surface area contributed by atoms with Gasteiger partial charge in [0.1, 0.15) is 13.1 Å². The lowest BCUT2D eigenvalue weighted by Gasteiger charge is -2.28. The molecular weight excluding hydrogens is 206 g/mol. The lowest BCUT2D eigenvalue weighted by molar-refractivity contribution is -0.875. The standard InChI is InChI=1S/C11H23N3O2/c1-10(12-4-5-13(2)3)11(15)14-6-8-16-9-7-14/h10,12H,4-9H2,1-3H3/p+2/t10-/m0/s1. The minimum Gasteiger partial charge on any atom is -0.378 e. The molecule has 1 rings (SSSR count). The van der Waals surface area contributed by atoms with E-state index >= 15 is 0 Å². The minimum atomic E-state index is 0.0393. The Morgan fingerprint density at radius 2 is 2.06 bits per heavy atom. The molecule has 0 aromatic rings. The monoisotopic (exact) mass is 231 g/mol. The molecule has 0 aromatic heterocycles. The van der Waals surface area contributed by atoms with Crippen LogP contribution in [0.25, 0.3) is 0 Å². The molecule has 16 heavy (non-hydrogen) atoms. The van der Waals surface area contributed by atoms with Crippen molar-refractivity contribution in [3.05, 3.63) is 0 Å². The van der Waals surface area contributed by atoms with Crippen molar-refractivity contribution in [2.45, 2.75) is 13.0 Å². The van der Waals surface area contributed by atoms with Crippen molar-refractivity contribution in [3.63, 3.8) is 0 Å². The van der Waals surface area contributed by atoms with Crippen molar-refractivity contribution in [1.29, 1.82) is 0 Å². The SMILES string of the molecule is C[C@H]([NH2+]CC[NH+](C)C)C(=O)N1CCOCC1. The van der Waals surface area contributed by atoms with Gasteiger partial charge in [-0.3, -0.25) is 4.79 Å². The molecule has 0 bridgehead atoms. The van der Waals surface area contributed by atoms with E-state index in [2.05, 4.69) is 19.4 Å². The van der Waals surface area contributed by atoms with Crippen LogP contribution < -0.4 is 10.2 Å². The van der Waals surface area contributed by atoms with E-state index in [9.17, 15) is 4.79 Å². The minimum absolute atomic E-state index is 0.0393. The van der Waals surface area contributed by atoms with E-state index in [0.29, 0.717) is 13.2 Å². The summed E-state index contributed by atoms with van der Waals surface area (Å²) in [7, 11) is 4.25. The number of rotatable bonds is 5. The quantitative estimate of drug-likeness (QED) is 0.528. The van der Waals surface area contributed by atoms with Crippen LogP contribution in [-0.2, 0) is 9.53 Å². The summed E-state index contributed by atoms with van der Waals surface area (Å²) in [4.78, 5) is 15.3. The number of nitrogens with zero attached hydrogens (tertiary/aromatic N) is 1. The number of carbonyl (C=O) groups excluding carboxylic acids is 1. The Kier molecular flexibility index (Phi) is 5.73. The first kappa shape index (κ1) is 13.4. The van der Waals surface area contributed by atoms with Gasteiger partial charge in [-0.25, -0.2) is 0 Å². The van der Waals surface area contributed by atoms with E-state index in [0.717, 1.165) is 26.2 Å². The number of nitrogens with two attached hydrogens (primary N) is 1. The predicted octanol–water partition coefficient (Wildman–Crippen LogP) is -3.06. The summed E-state index contributed by atoms with van der Waals surface area (Å²) in [5.74, 6) is 0.247. The van der Waals surface area contributed by atoms with Crippen LogP contribution in [0.4, 0.5) is 0 Å². The fourth-order valence-electron chi connectivity index (χ4n) is 1.79. The fraction of sp³-hybridized carbons (Fsp3) is 0.909.